The van der Waals surface area contributed by atoms with Gasteiger partial charge in [-0.2, -0.15) is 4.31 Å². The Hall–Kier alpha value is -2.09. The maximum atomic E-state index is 13.2. The van der Waals surface area contributed by atoms with Gasteiger partial charge in [0.25, 0.3) is 0 Å². The topological polar surface area (TPSA) is 75.7 Å². The lowest BCUT2D eigenvalue weighted by molar-refractivity contribution is -0.126. The van der Waals surface area contributed by atoms with Crippen LogP contribution in [0.3, 0.4) is 0 Å². The molecular formula is C23H29ClN2O4S. The van der Waals surface area contributed by atoms with Crippen molar-refractivity contribution in [2.24, 2.45) is 5.92 Å². The number of sulfonamides is 1. The van der Waals surface area contributed by atoms with Crippen molar-refractivity contribution in [3.8, 4) is 5.75 Å². The van der Waals surface area contributed by atoms with Gasteiger partial charge in [-0.25, -0.2) is 8.42 Å². The molecule has 1 fully saturated rings. The van der Waals surface area contributed by atoms with Gasteiger partial charge in [0.15, 0.2) is 0 Å². The Kier molecular flexibility index (Phi) is 7.97. The molecule has 0 bridgehead atoms. The second kappa shape index (κ2) is 10.5. The number of piperidine rings is 1. The van der Waals surface area contributed by atoms with E-state index in [-0.39, 0.29) is 35.1 Å². The number of nitrogens with zero attached hydrogens (tertiary/aromatic N) is 1. The van der Waals surface area contributed by atoms with Crippen molar-refractivity contribution >= 4 is 27.5 Å². The fourth-order valence-corrected chi connectivity index (χ4v) is 5.77. The lowest BCUT2D eigenvalue weighted by Gasteiger charge is -2.32. The van der Waals surface area contributed by atoms with Gasteiger partial charge in [0.1, 0.15) is 10.6 Å². The molecule has 168 valence electrons. The van der Waals surface area contributed by atoms with Crippen molar-refractivity contribution in [2.75, 3.05) is 20.2 Å². The fourth-order valence-electron chi connectivity index (χ4n) is 3.83. The average Bonchev–Trinajstić information content (AvgIpc) is 2.78. The number of ether oxygens (including phenoxy) is 1. The van der Waals surface area contributed by atoms with Gasteiger partial charge in [-0.15, -0.1) is 0 Å². The van der Waals surface area contributed by atoms with E-state index in [2.05, 4.69) is 17.4 Å². The predicted molar refractivity (Wildman–Crippen MR) is 122 cm³/mol. The molecule has 0 aliphatic carbocycles. The third kappa shape index (κ3) is 5.99. The van der Waals surface area contributed by atoms with Gasteiger partial charge in [-0.1, -0.05) is 41.9 Å². The summed E-state index contributed by atoms with van der Waals surface area (Å²) in [4.78, 5) is 12.9. The molecule has 1 N–H and O–H groups in total. The number of methoxy groups -OCH3 is 1. The SMILES string of the molecule is COc1ccc(Cl)cc1S(=O)(=O)N1CCC[C@@H](C(=O)N[C@@H](C)CCc2ccccc2)C1. The van der Waals surface area contributed by atoms with Gasteiger partial charge in [0.2, 0.25) is 15.9 Å². The molecule has 8 heteroatoms. The molecule has 0 saturated carbocycles. The van der Waals surface area contributed by atoms with Gasteiger partial charge in [0.05, 0.1) is 13.0 Å². The summed E-state index contributed by atoms with van der Waals surface area (Å²) >= 11 is 6.03. The highest BCUT2D eigenvalue weighted by Gasteiger charge is 2.35. The number of aryl methyl sites for hydroxylation is 1. The number of rotatable bonds is 8. The summed E-state index contributed by atoms with van der Waals surface area (Å²) in [5.74, 6) is -0.239. The first-order valence-corrected chi connectivity index (χ1v) is 12.3. The van der Waals surface area contributed by atoms with Crippen LogP contribution in [0.5, 0.6) is 5.75 Å². The summed E-state index contributed by atoms with van der Waals surface area (Å²) in [7, 11) is -2.40. The number of carbonyl (C=O) groups excluding carboxylic acids is 1. The lowest BCUT2D eigenvalue weighted by atomic mass is 9.98. The van der Waals surface area contributed by atoms with Gasteiger partial charge < -0.3 is 10.1 Å². The van der Waals surface area contributed by atoms with E-state index in [0.29, 0.717) is 24.4 Å². The largest absolute Gasteiger partial charge is 0.495 e. The first kappa shape index (κ1) is 23.6. The molecule has 31 heavy (non-hydrogen) atoms. The Morgan fingerprint density at radius 3 is 2.71 bits per heavy atom. The van der Waals surface area contributed by atoms with E-state index < -0.39 is 10.0 Å². The third-order valence-electron chi connectivity index (χ3n) is 5.60. The van der Waals surface area contributed by atoms with Gasteiger partial charge in [0, 0.05) is 24.2 Å². The molecule has 2 aromatic rings. The maximum Gasteiger partial charge on any atom is 0.246 e. The van der Waals surface area contributed by atoms with E-state index in [1.807, 2.05) is 25.1 Å². The molecule has 0 radical (unpaired) electrons. The summed E-state index contributed by atoms with van der Waals surface area (Å²) in [6, 6.07) is 14.7. The van der Waals surface area contributed by atoms with E-state index in [0.717, 1.165) is 12.8 Å². The number of carbonyl (C=O) groups is 1. The summed E-state index contributed by atoms with van der Waals surface area (Å²) in [5.41, 5.74) is 1.23. The van der Waals surface area contributed by atoms with Gasteiger partial charge in [-0.05, 0) is 56.4 Å². The van der Waals surface area contributed by atoms with Gasteiger partial charge in [-0.3, -0.25) is 4.79 Å². The molecular weight excluding hydrogens is 436 g/mol. The van der Waals surface area contributed by atoms with Crippen LogP contribution in [0.1, 0.15) is 31.7 Å². The first-order valence-electron chi connectivity index (χ1n) is 10.5. The zero-order valence-electron chi connectivity index (χ0n) is 17.9. The van der Waals surface area contributed by atoms with Crippen molar-refractivity contribution in [1.82, 2.24) is 9.62 Å². The minimum Gasteiger partial charge on any atom is -0.495 e. The van der Waals surface area contributed by atoms with E-state index in [1.54, 1.807) is 6.07 Å². The third-order valence-corrected chi connectivity index (χ3v) is 7.72. The lowest BCUT2D eigenvalue weighted by Crippen LogP contribution is -2.47. The highest BCUT2D eigenvalue weighted by Crippen LogP contribution is 2.32. The Morgan fingerprint density at radius 1 is 1.26 bits per heavy atom. The smallest absolute Gasteiger partial charge is 0.246 e. The van der Waals surface area contributed by atoms with Crippen LogP contribution in [0.15, 0.2) is 53.4 Å². The minimum absolute atomic E-state index is 0.00714. The first-order chi connectivity index (χ1) is 14.8. The second-order valence-corrected chi connectivity index (χ2v) is 10.3. The molecule has 1 saturated heterocycles. The van der Waals surface area contributed by atoms with Gasteiger partial charge >= 0.3 is 0 Å². The molecule has 1 aliphatic heterocycles. The maximum absolute atomic E-state index is 13.2. The summed E-state index contributed by atoms with van der Waals surface area (Å²) in [6.45, 7) is 2.50. The standard InChI is InChI=1S/C23H29ClN2O4S/c1-17(10-11-18-7-4-3-5-8-18)25-23(27)19-9-6-14-26(16-19)31(28,29)22-15-20(24)12-13-21(22)30-2/h3-5,7-8,12-13,15,17,19H,6,9-11,14,16H2,1-2H3,(H,25,27)/t17-,19+/m0/s1. The molecule has 1 aliphatic rings. The van der Waals surface area contributed by atoms with Crippen LogP contribution in [-0.4, -0.2) is 44.9 Å². The van der Waals surface area contributed by atoms with Crippen LogP contribution in [0, 0.1) is 5.92 Å². The number of hydrogen-bond acceptors (Lipinski definition) is 4. The summed E-state index contributed by atoms with van der Waals surface area (Å²) in [5, 5.41) is 3.37. The molecule has 3 rings (SSSR count). The molecule has 0 aromatic heterocycles. The van der Waals surface area contributed by atoms with E-state index in [1.165, 1.54) is 29.1 Å². The van der Waals surface area contributed by atoms with Crippen molar-refractivity contribution in [3.05, 3.63) is 59.1 Å². The van der Waals surface area contributed by atoms with Crippen molar-refractivity contribution < 1.29 is 17.9 Å². The highest BCUT2D eigenvalue weighted by atomic mass is 35.5. The fraction of sp³-hybridized carbons (Fsp3) is 0.435. The zero-order valence-corrected chi connectivity index (χ0v) is 19.5. The van der Waals surface area contributed by atoms with Crippen molar-refractivity contribution in [3.63, 3.8) is 0 Å². The summed E-state index contributed by atoms with van der Waals surface area (Å²) < 4.78 is 33.0. The quantitative estimate of drug-likeness (QED) is 0.643. The predicted octanol–water partition coefficient (Wildman–Crippen LogP) is 3.89. The Labute approximate surface area is 189 Å². The highest BCUT2D eigenvalue weighted by molar-refractivity contribution is 7.89. The summed E-state index contributed by atoms with van der Waals surface area (Å²) in [6.07, 6.45) is 2.99. The van der Waals surface area contributed by atoms with E-state index in [4.69, 9.17) is 16.3 Å². The molecule has 2 atom stereocenters. The monoisotopic (exact) mass is 464 g/mol. The Morgan fingerprint density at radius 2 is 2.00 bits per heavy atom. The zero-order chi connectivity index (χ0) is 22.4. The minimum atomic E-state index is -3.82. The normalized spacial score (nSPS) is 18.4. The molecule has 1 heterocycles. The van der Waals surface area contributed by atoms with E-state index in [9.17, 15) is 13.2 Å². The molecule has 6 nitrogen and oxygen atoms in total. The Bertz CT molecular complexity index is 998. The van der Waals surface area contributed by atoms with Crippen LogP contribution in [0.4, 0.5) is 0 Å². The Balaban J connectivity index is 1.63. The molecule has 0 unspecified atom stereocenters. The molecule has 2 aromatic carbocycles. The van der Waals surface area contributed by atoms with Crippen LogP contribution in [-0.2, 0) is 21.2 Å². The van der Waals surface area contributed by atoms with Crippen molar-refractivity contribution in [1.29, 1.82) is 0 Å². The second-order valence-electron chi connectivity index (χ2n) is 7.93. The van der Waals surface area contributed by atoms with Crippen LogP contribution < -0.4 is 10.1 Å². The van der Waals surface area contributed by atoms with Crippen molar-refractivity contribution in [2.45, 2.75) is 43.5 Å². The van der Waals surface area contributed by atoms with Crippen LogP contribution in [0.25, 0.3) is 0 Å². The molecule has 0 spiro atoms. The molecule has 1 amide bonds. The number of halogens is 1. The number of benzene rings is 2. The number of amides is 1. The average molecular weight is 465 g/mol. The van der Waals surface area contributed by atoms with Crippen LogP contribution >= 0.6 is 11.6 Å². The van der Waals surface area contributed by atoms with Crippen LogP contribution in [0.2, 0.25) is 5.02 Å². The number of nitrogens with one attached hydrogen (secondary N) is 1. The van der Waals surface area contributed by atoms with E-state index >= 15 is 0 Å². The number of hydrogen-bond donors (Lipinski definition) is 1.